The lowest BCUT2D eigenvalue weighted by molar-refractivity contribution is -0.118. The van der Waals surface area contributed by atoms with Gasteiger partial charge in [0.25, 0.3) is 11.5 Å². The highest BCUT2D eigenvalue weighted by molar-refractivity contribution is 9.10. The van der Waals surface area contributed by atoms with E-state index in [0.717, 1.165) is 9.86 Å². The third kappa shape index (κ3) is 6.40. The molecular formula is C33H24BrClN4O6. The minimum Gasteiger partial charge on any atom is -0.493 e. The number of ether oxygens (including phenoxy) is 3. The average molecular weight is 688 g/mol. The summed E-state index contributed by atoms with van der Waals surface area (Å²) in [6, 6.07) is 24.5. The first-order valence-electron chi connectivity index (χ1n) is 13.5. The topological polar surface area (TPSA) is 117 Å². The highest BCUT2D eigenvalue weighted by Crippen LogP contribution is 2.38. The fraction of sp³-hybridized carbons (Fsp3) is 0.0909. The van der Waals surface area contributed by atoms with E-state index >= 15 is 0 Å². The van der Waals surface area contributed by atoms with Gasteiger partial charge >= 0.3 is 0 Å². The molecule has 0 radical (unpaired) electrons. The van der Waals surface area contributed by atoms with Crippen LogP contribution in [0.3, 0.4) is 0 Å². The first-order valence-corrected chi connectivity index (χ1v) is 14.7. The third-order valence-corrected chi connectivity index (χ3v) is 7.48. The maximum Gasteiger partial charge on any atom is 0.282 e. The van der Waals surface area contributed by atoms with E-state index in [2.05, 4.69) is 26.3 Å². The van der Waals surface area contributed by atoms with Crippen LogP contribution >= 0.6 is 27.5 Å². The number of methoxy groups -OCH3 is 2. The highest BCUT2D eigenvalue weighted by Gasteiger charge is 2.18. The molecule has 6 rings (SSSR count). The van der Waals surface area contributed by atoms with Gasteiger partial charge in [0.05, 0.1) is 31.3 Å². The second-order valence-electron chi connectivity index (χ2n) is 9.71. The third-order valence-electron chi connectivity index (χ3n) is 6.73. The molecule has 0 fully saturated rings. The van der Waals surface area contributed by atoms with Crippen LogP contribution in [0.4, 0.5) is 5.69 Å². The van der Waals surface area contributed by atoms with E-state index in [4.69, 9.17) is 35.2 Å². The predicted octanol–water partition coefficient (Wildman–Crippen LogP) is 7.14. The largest absolute Gasteiger partial charge is 0.493 e. The van der Waals surface area contributed by atoms with Crippen molar-refractivity contribution in [3.05, 3.63) is 110 Å². The summed E-state index contributed by atoms with van der Waals surface area (Å²) in [5, 5.41) is 9.05. The predicted molar refractivity (Wildman–Crippen MR) is 177 cm³/mol. The van der Waals surface area contributed by atoms with Gasteiger partial charge in [0.1, 0.15) is 5.58 Å². The average Bonchev–Trinajstić information content (AvgIpc) is 3.47. The first-order chi connectivity index (χ1) is 21.8. The Morgan fingerprint density at radius 2 is 1.76 bits per heavy atom. The number of benzene rings is 4. The zero-order chi connectivity index (χ0) is 31.5. The number of carbonyl (C=O) groups excluding carboxylic acids is 1. The van der Waals surface area contributed by atoms with Crippen LogP contribution in [0.1, 0.15) is 5.56 Å². The monoisotopic (exact) mass is 686 g/mol. The molecule has 4 aromatic carbocycles. The Morgan fingerprint density at radius 3 is 2.49 bits per heavy atom. The molecule has 0 aliphatic rings. The summed E-state index contributed by atoms with van der Waals surface area (Å²) in [4.78, 5) is 30.9. The zero-order valence-electron chi connectivity index (χ0n) is 23.9. The number of amides is 1. The summed E-state index contributed by atoms with van der Waals surface area (Å²) in [5.74, 6) is 1.03. The van der Waals surface area contributed by atoms with Crippen LogP contribution in [0.5, 0.6) is 17.2 Å². The Morgan fingerprint density at radius 1 is 1.02 bits per heavy atom. The van der Waals surface area contributed by atoms with Crippen LogP contribution in [-0.2, 0) is 4.79 Å². The van der Waals surface area contributed by atoms with Crippen LogP contribution in [-0.4, -0.2) is 42.6 Å². The summed E-state index contributed by atoms with van der Waals surface area (Å²) < 4.78 is 25.0. The number of hydrogen-bond donors (Lipinski definition) is 1. The van der Waals surface area contributed by atoms with Gasteiger partial charge in [-0.2, -0.15) is 9.78 Å². The lowest BCUT2D eigenvalue weighted by Gasteiger charge is -2.15. The van der Waals surface area contributed by atoms with Gasteiger partial charge in [0.15, 0.2) is 23.9 Å². The van der Waals surface area contributed by atoms with Crippen molar-refractivity contribution in [2.45, 2.75) is 0 Å². The zero-order valence-corrected chi connectivity index (χ0v) is 26.3. The van der Waals surface area contributed by atoms with Gasteiger partial charge in [-0.15, -0.1) is 0 Å². The summed E-state index contributed by atoms with van der Waals surface area (Å²) in [5.41, 5.74) is 1.88. The van der Waals surface area contributed by atoms with Crippen LogP contribution in [0.15, 0.2) is 104 Å². The number of nitrogens with zero attached hydrogens (tertiary/aromatic N) is 3. The molecule has 45 heavy (non-hydrogen) atoms. The first kappa shape index (κ1) is 29.9. The molecule has 0 aliphatic heterocycles. The molecule has 226 valence electrons. The van der Waals surface area contributed by atoms with Gasteiger partial charge in [-0.3, -0.25) is 9.59 Å². The fourth-order valence-electron chi connectivity index (χ4n) is 4.62. The normalized spacial score (nSPS) is 11.3. The Bertz CT molecular complexity index is 2120. The van der Waals surface area contributed by atoms with Gasteiger partial charge in [0, 0.05) is 26.1 Å². The van der Waals surface area contributed by atoms with Crippen LogP contribution < -0.4 is 25.1 Å². The fourth-order valence-corrected chi connectivity index (χ4v) is 5.13. The number of carbonyl (C=O) groups is 1. The molecular weight excluding hydrogens is 664 g/mol. The number of anilines is 1. The number of para-hydroxylation sites is 1. The van der Waals surface area contributed by atoms with Gasteiger partial charge in [-0.1, -0.05) is 39.7 Å². The van der Waals surface area contributed by atoms with E-state index in [0.29, 0.717) is 50.0 Å². The second kappa shape index (κ2) is 12.8. The van der Waals surface area contributed by atoms with E-state index < -0.39 is 0 Å². The Hall–Kier alpha value is -5.13. The lowest BCUT2D eigenvalue weighted by atomic mass is 10.2. The molecule has 0 unspecified atom stereocenters. The molecule has 1 amide bonds. The molecule has 1 N–H and O–H groups in total. The lowest BCUT2D eigenvalue weighted by Crippen LogP contribution is -2.20. The van der Waals surface area contributed by atoms with Crippen LogP contribution in [0.2, 0.25) is 5.02 Å². The number of rotatable bonds is 9. The Labute approximate surface area is 269 Å². The highest BCUT2D eigenvalue weighted by atomic mass is 79.9. The van der Waals surface area contributed by atoms with Crippen molar-refractivity contribution in [3.63, 3.8) is 0 Å². The Balaban J connectivity index is 1.33. The Kier molecular flexibility index (Phi) is 8.54. The standard InChI is InChI=1S/C33H24BrClN4O6/c1-42-27-13-19(14-28(43-2)31(27)44-18-30(40)37-23-10-8-22(35)9-11-23)17-36-39-32(38-25-6-4-3-5-24(25)33(39)41)29-16-20-15-21(34)7-12-26(20)45-29/h3-17H,18H2,1-2H3,(H,37,40). The molecule has 0 aliphatic carbocycles. The number of hydrogen-bond acceptors (Lipinski definition) is 8. The summed E-state index contributed by atoms with van der Waals surface area (Å²) in [7, 11) is 2.93. The molecule has 0 saturated carbocycles. The van der Waals surface area contributed by atoms with Gasteiger partial charge in [-0.05, 0) is 72.8 Å². The van der Waals surface area contributed by atoms with Crippen molar-refractivity contribution < 1.29 is 23.4 Å². The maximum absolute atomic E-state index is 13.7. The molecule has 0 spiro atoms. The van der Waals surface area contributed by atoms with Crippen molar-refractivity contribution in [1.29, 1.82) is 0 Å². The molecule has 2 aromatic heterocycles. The van der Waals surface area contributed by atoms with E-state index in [1.807, 2.05) is 30.3 Å². The summed E-state index contributed by atoms with van der Waals surface area (Å²) in [6.45, 7) is -0.307. The molecule has 0 saturated heterocycles. The SMILES string of the molecule is COc1cc(C=Nn2c(-c3cc4cc(Br)ccc4o3)nc3ccccc3c2=O)cc(OC)c1OCC(=O)Nc1ccc(Cl)cc1. The minimum atomic E-state index is -0.388. The second-order valence-corrected chi connectivity index (χ2v) is 11.1. The molecule has 2 heterocycles. The van der Waals surface area contributed by atoms with Crippen molar-refractivity contribution in [1.82, 2.24) is 9.66 Å². The van der Waals surface area contributed by atoms with Gasteiger partial charge < -0.3 is 23.9 Å². The van der Waals surface area contributed by atoms with Crippen LogP contribution in [0, 0.1) is 0 Å². The smallest absolute Gasteiger partial charge is 0.282 e. The number of furan rings is 1. The minimum absolute atomic E-state index is 0.224. The number of nitrogens with one attached hydrogen (secondary N) is 1. The van der Waals surface area contributed by atoms with Gasteiger partial charge in [0.2, 0.25) is 11.6 Å². The molecule has 12 heteroatoms. The van der Waals surface area contributed by atoms with Crippen molar-refractivity contribution in [3.8, 4) is 28.8 Å². The molecule has 0 atom stereocenters. The maximum atomic E-state index is 13.7. The molecule has 10 nitrogen and oxygen atoms in total. The summed E-state index contributed by atoms with van der Waals surface area (Å²) >= 11 is 9.39. The quantitative estimate of drug-likeness (QED) is 0.161. The van der Waals surface area contributed by atoms with E-state index in [1.165, 1.54) is 25.1 Å². The van der Waals surface area contributed by atoms with Gasteiger partial charge in [-0.25, -0.2) is 4.98 Å². The van der Waals surface area contributed by atoms with E-state index in [1.54, 1.807) is 54.6 Å². The molecule has 0 bridgehead atoms. The van der Waals surface area contributed by atoms with Crippen molar-refractivity contribution in [2.24, 2.45) is 5.10 Å². The number of fused-ring (bicyclic) bond motifs is 2. The number of aromatic nitrogens is 2. The van der Waals surface area contributed by atoms with Crippen LogP contribution in [0.25, 0.3) is 33.5 Å². The van der Waals surface area contributed by atoms with Crippen molar-refractivity contribution >= 4 is 67.2 Å². The molecule has 6 aromatic rings. The van der Waals surface area contributed by atoms with Crippen molar-refractivity contribution in [2.75, 3.05) is 26.1 Å². The van der Waals surface area contributed by atoms with E-state index in [-0.39, 0.29) is 29.6 Å². The van der Waals surface area contributed by atoms with E-state index in [9.17, 15) is 9.59 Å². The number of halogens is 2. The summed E-state index contributed by atoms with van der Waals surface area (Å²) in [6.07, 6.45) is 1.47.